The average molecular weight is 131 g/mol. The minimum atomic E-state index is 0.213. The summed E-state index contributed by atoms with van der Waals surface area (Å²) < 4.78 is 0. The van der Waals surface area contributed by atoms with Crippen molar-refractivity contribution in [1.29, 1.82) is 0 Å². The van der Waals surface area contributed by atoms with E-state index in [0.717, 1.165) is 0 Å². The van der Waals surface area contributed by atoms with E-state index in [4.69, 9.17) is 0 Å². The number of hydrogen-bond donors (Lipinski definition) is 0. The molecule has 0 amide bonds. The van der Waals surface area contributed by atoms with Crippen molar-refractivity contribution in [2.75, 3.05) is 20.6 Å². The first-order valence-corrected chi connectivity index (χ1v) is 3.27. The lowest BCUT2D eigenvalue weighted by molar-refractivity contribution is -0.117. The predicted octanol–water partition coefficient (Wildman–Crippen LogP) is 1.16. The van der Waals surface area contributed by atoms with E-state index in [9.17, 15) is 4.79 Å². The predicted molar refractivity (Wildman–Crippen MR) is 40.6 cm³/mol. The number of carbonyl (C=O) groups is 1. The molecule has 0 radical (unpaired) electrons. The normalized spacial score (nSPS) is 8.22. The van der Waals surface area contributed by atoms with Gasteiger partial charge in [0.2, 0.25) is 0 Å². The monoisotopic (exact) mass is 131 g/mol. The third-order valence-electron chi connectivity index (χ3n) is 0.539. The maximum absolute atomic E-state index is 10.2. The summed E-state index contributed by atoms with van der Waals surface area (Å²) in [6, 6.07) is 0. The van der Waals surface area contributed by atoms with E-state index < -0.39 is 0 Å². The van der Waals surface area contributed by atoms with Crippen molar-refractivity contribution in [2.45, 2.75) is 20.8 Å². The van der Waals surface area contributed by atoms with Crippen LogP contribution in [0.15, 0.2) is 0 Å². The topological polar surface area (TPSA) is 20.3 Å². The second-order valence-corrected chi connectivity index (χ2v) is 1.94. The lowest BCUT2D eigenvalue weighted by atomic mass is 10.4. The highest BCUT2D eigenvalue weighted by Gasteiger charge is 1.91. The SMILES string of the molecule is CC.CC(=O)CN(C)C. The van der Waals surface area contributed by atoms with Crippen molar-refractivity contribution >= 4 is 5.78 Å². The molecule has 0 saturated heterocycles. The third-order valence-corrected chi connectivity index (χ3v) is 0.539. The van der Waals surface area contributed by atoms with Crippen LogP contribution in [0.1, 0.15) is 20.8 Å². The van der Waals surface area contributed by atoms with Crippen LogP contribution in [0.2, 0.25) is 0 Å². The van der Waals surface area contributed by atoms with E-state index in [1.54, 1.807) is 6.92 Å². The fourth-order valence-electron chi connectivity index (χ4n) is 0.445. The summed E-state index contributed by atoms with van der Waals surface area (Å²) in [5.41, 5.74) is 0. The van der Waals surface area contributed by atoms with Gasteiger partial charge >= 0.3 is 0 Å². The smallest absolute Gasteiger partial charge is 0.143 e. The van der Waals surface area contributed by atoms with Gasteiger partial charge in [-0.05, 0) is 21.0 Å². The fraction of sp³-hybridized carbons (Fsp3) is 0.857. The molecule has 0 spiro atoms. The van der Waals surface area contributed by atoms with E-state index >= 15 is 0 Å². The number of rotatable bonds is 2. The van der Waals surface area contributed by atoms with E-state index in [-0.39, 0.29) is 5.78 Å². The summed E-state index contributed by atoms with van der Waals surface area (Å²) in [5.74, 6) is 0.213. The number of Topliss-reactive ketones (excluding diaryl/α,β-unsaturated/α-hetero) is 1. The molecule has 0 heterocycles. The van der Waals surface area contributed by atoms with Crippen LogP contribution in [0, 0.1) is 0 Å². The van der Waals surface area contributed by atoms with Crippen molar-refractivity contribution in [3.63, 3.8) is 0 Å². The summed E-state index contributed by atoms with van der Waals surface area (Å²) in [6.45, 7) is 6.14. The maximum Gasteiger partial charge on any atom is 0.143 e. The molecule has 0 aliphatic rings. The quantitative estimate of drug-likeness (QED) is 0.560. The Hall–Kier alpha value is -0.370. The Morgan fingerprint density at radius 3 is 1.67 bits per heavy atom. The lowest BCUT2D eigenvalue weighted by Gasteiger charge is -2.03. The van der Waals surface area contributed by atoms with Gasteiger partial charge in [-0.3, -0.25) is 4.79 Å². The molecule has 0 fully saturated rings. The molecule has 0 N–H and O–H groups in total. The molecule has 56 valence electrons. The van der Waals surface area contributed by atoms with E-state index in [0.29, 0.717) is 6.54 Å². The van der Waals surface area contributed by atoms with Crippen LogP contribution >= 0.6 is 0 Å². The summed E-state index contributed by atoms with van der Waals surface area (Å²) in [7, 11) is 3.75. The van der Waals surface area contributed by atoms with Crippen molar-refractivity contribution in [2.24, 2.45) is 0 Å². The van der Waals surface area contributed by atoms with Gasteiger partial charge in [0.05, 0.1) is 6.54 Å². The molecule has 9 heavy (non-hydrogen) atoms. The molecular formula is C7H17NO. The lowest BCUT2D eigenvalue weighted by Crippen LogP contribution is -2.18. The molecule has 0 saturated carbocycles. The summed E-state index contributed by atoms with van der Waals surface area (Å²) in [4.78, 5) is 12.1. The van der Waals surface area contributed by atoms with Crippen molar-refractivity contribution in [3.05, 3.63) is 0 Å². The molecule has 2 heteroatoms. The summed E-state index contributed by atoms with van der Waals surface area (Å²) >= 11 is 0. The standard InChI is InChI=1S/C5H11NO.C2H6/c1-5(7)4-6(2)3;1-2/h4H2,1-3H3;1-2H3. The molecule has 0 rings (SSSR count). The molecular weight excluding hydrogens is 114 g/mol. The molecule has 0 bridgehead atoms. The Bertz CT molecular complexity index is 69.3. The van der Waals surface area contributed by atoms with Crippen LogP contribution in [-0.4, -0.2) is 31.3 Å². The van der Waals surface area contributed by atoms with Crippen LogP contribution < -0.4 is 0 Å². The van der Waals surface area contributed by atoms with Crippen LogP contribution in [-0.2, 0) is 4.79 Å². The van der Waals surface area contributed by atoms with Crippen LogP contribution in [0.25, 0.3) is 0 Å². The second-order valence-electron chi connectivity index (χ2n) is 1.94. The zero-order valence-electron chi connectivity index (χ0n) is 7.06. The van der Waals surface area contributed by atoms with Crippen molar-refractivity contribution < 1.29 is 4.79 Å². The Morgan fingerprint density at radius 1 is 1.33 bits per heavy atom. The number of hydrogen-bond acceptors (Lipinski definition) is 2. The Labute approximate surface area is 57.9 Å². The van der Waals surface area contributed by atoms with Gasteiger partial charge in [-0.15, -0.1) is 0 Å². The van der Waals surface area contributed by atoms with Crippen molar-refractivity contribution in [3.8, 4) is 0 Å². The minimum Gasteiger partial charge on any atom is -0.302 e. The Balaban J connectivity index is 0. The van der Waals surface area contributed by atoms with Gasteiger partial charge < -0.3 is 4.90 Å². The number of likely N-dealkylation sites (N-methyl/N-ethyl adjacent to an activating group) is 1. The molecule has 0 aromatic heterocycles. The Morgan fingerprint density at radius 2 is 1.67 bits per heavy atom. The van der Waals surface area contributed by atoms with Gasteiger partial charge in [-0.25, -0.2) is 0 Å². The summed E-state index contributed by atoms with van der Waals surface area (Å²) in [6.07, 6.45) is 0. The molecule has 0 aromatic rings. The zero-order chi connectivity index (χ0) is 7.86. The first kappa shape index (κ1) is 11.4. The third kappa shape index (κ3) is 18.4. The highest BCUT2D eigenvalue weighted by molar-refractivity contribution is 5.77. The van der Waals surface area contributed by atoms with Gasteiger partial charge in [0, 0.05) is 0 Å². The molecule has 0 unspecified atom stereocenters. The van der Waals surface area contributed by atoms with Crippen LogP contribution in [0.3, 0.4) is 0 Å². The van der Waals surface area contributed by atoms with Gasteiger partial charge in [-0.1, -0.05) is 13.8 Å². The first-order chi connectivity index (χ1) is 4.13. The van der Waals surface area contributed by atoms with E-state index in [2.05, 4.69) is 0 Å². The van der Waals surface area contributed by atoms with Gasteiger partial charge in [0.1, 0.15) is 5.78 Å². The average Bonchev–Trinajstić information content (AvgIpc) is 1.68. The maximum atomic E-state index is 10.2. The number of nitrogens with zero attached hydrogens (tertiary/aromatic N) is 1. The molecule has 0 aliphatic carbocycles. The zero-order valence-corrected chi connectivity index (χ0v) is 7.06. The van der Waals surface area contributed by atoms with E-state index in [1.807, 2.05) is 32.8 Å². The Kier molecular flexibility index (Phi) is 9.69. The van der Waals surface area contributed by atoms with Crippen LogP contribution in [0.4, 0.5) is 0 Å². The fourth-order valence-corrected chi connectivity index (χ4v) is 0.445. The molecule has 0 aromatic carbocycles. The second kappa shape index (κ2) is 7.63. The first-order valence-electron chi connectivity index (χ1n) is 3.27. The highest BCUT2D eigenvalue weighted by atomic mass is 16.1. The van der Waals surface area contributed by atoms with Gasteiger partial charge in [0.25, 0.3) is 0 Å². The molecule has 0 atom stereocenters. The van der Waals surface area contributed by atoms with Gasteiger partial charge in [-0.2, -0.15) is 0 Å². The number of ketones is 1. The molecule has 0 aliphatic heterocycles. The summed E-state index contributed by atoms with van der Waals surface area (Å²) in [5, 5.41) is 0. The number of carbonyl (C=O) groups excluding carboxylic acids is 1. The van der Waals surface area contributed by atoms with Gasteiger partial charge in [0.15, 0.2) is 0 Å². The minimum absolute atomic E-state index is 0.213. The highest BCUT2D eigenvalue weighted by Crippen LogP contribution is 1.72. The largest absolute Gasteiger partial charge is 0.302 e. The van der Waals surface area contributed by atoms with E-state index in [1.165, 1.54) is 0 Å². The molecule has 2 nitrogen and oxygen atoms in total. The van der Waals surface area contributed by atoms with Crippen LogP contribution in [0.5, 0.6) is 0 Å². The van der Waals surface area contributed by atoms with Crippen molar-refractivity contribution in [1.82, 2.24) is 4.90 Å².